The number of aliphatic hydroxyl groups is 1. The summed E-state index contributed by atoms with van der Waals surface area (Å²) in [6, 6.07) is 0. The highest BCUT2D eigenvalue weighted by atomic mass is 16.3. The molecule has 0 aliphatic heterocycles. The molecule has 0 fully saturated rings. The van der Waals surface area contributed by atoms with Crippen LogP contribution in [0, 0.1) is 11.3 Å². The van der Waals surface area contributed by atoms with Crippen molar-refractivity contribution in [1.29, 1.82) is 0 Å². The Bertz CT molecular complexity index is 229. The Labute approximate surface area is 99.6 Å². The molecule has 0 rings (SSSR count). The molecule has 0 saturated heterocycles. The molecular weight excluding hydrogens is 202 g/mol. The first kappa shape index (κ1) is 15.4. The number of carbonyl (C=O) groups excluding carboxylic acids is 1. The molecule has 0 bridgehead atoms. The number of amides is 1. The maximum atomic E-state index is 11.8. The average molecular weight is 229 g/mol. The lowest BCUT2D eigenvalue weighted by Crippen LogP contribution is -2.45. The smallest absolute Gasteiger partial charge is 0.220 e. The van der Waals surface area contributed by atoms with Gasteiger partial charge in [0.1, 0.15) is 0 Å². The van der Waals surface area contributed by atoms with E-state index in [1.54, 1.807) is 0 Å². The van der Waals surface area contributed by atoms with Crippen LogP contribution in [0.2, 0.25) is 0 Å². The van der Waals surface area contributed by atoms with Crippen LogP contribution >= 0.6 is 0 Å². The average Bonchev–Trinajstić information content (AvgIpc) is 1.99. The van der Waals surface area contributed by atoms with Gasteiger partial charge in [0.05, 0.1) is 0 Å². The second-order valence-electron chi connectivity index (χ2n) is 6.38. The summed E-state index contributed by atoms with van der Waals surface area (Å²) in [6.45, 7) is 12.5. The first-order valence-corrected chi connectivity index (χ1v) is 6.00. The summed E-state index contributed by atoms with van der Waals surface area (Å²) in [5.74, 6) is 0.415. The summed E-state index contributed by atoms with van der Waals surface area (Å²) in [6.07, 6.45) is 1.13. The minimum atomic E-state index is -0.316. The van der Waals surface area contributed by atoms with Crippen LogP contribution in [0.3, 0.4) is 0 Å². The van der Waals surface area contributed by atoms with E-state index >= 15 is 0 Å². The summed E-state index contributed by atoms with van der Waals surface area (Å²) < 4.78 is 0. The molecule has 3 nitrogen and oxygen atoms in total. The fourth-order valence-electron chi connectivity index (χ4n) is 1.35. The molecule has 0 spiro atoms. The summed E-state index contributed by atoms with van der Waals surface area (Å²) in [5, 5.41) is 11.8. The highest BCUT2D eigenvalue weighted by Crippen LogP contribution is 2.28. The van der Waals surface area contributed by atoms with Crippen molar-refractivity contribution >= 4 is 5.91 Å². The van der Waals surface area contributed by atoms with Gasteiger partial charge in [-0.25, -0.2) is 0 Å². The quantitative estimate of drug-likeness (QED) is 0.760. The maximum Gasteiger partial charge on any atom is 0.220 e. The van der Waals surface area contributed by atoms with Crippen molar-refractivity contribution < 1.29 is 9.90 Å². The molecular formula is C13H27NO2. The van der Waals surface area contributed by atoms with E-state index in [2.05, 4.69) is 33.0 Å². The van der Waals surface area contributed by atoms with Gasteiger partial charge in [0.2, 0.25) is 5.91 Å². The predicted octanol–water partition coefficient (Wildman–Crippen LogP) is 2.34. The third kappa shape index (κ3) is 6.11. The molecule has 0 aromatic rings. The number of hydrogen-bond donors (Lipinski definition) is 2. The van der Waals surface area contributed by atoms with Gasteiger partial charge in [0.15, 0.2) is 0 Å². The van der Waals surface area contributed by atoms with Crippen molar-refractivity contribution in [2.45, 2.75) is 59.9 Å². The Hall–Kier alpha value is -0.570. The van der Waals surface area contributed by atoms with E-state index in [9.17, 15) is 4.79 Å². The van der Waals surface area contributed by atoms with Gasteiger partial charge in [-0.3, -0.25) is 4.79 Å². The van der Waals surface area contributed by atoms with E-state index in [1.165, 1.54) is 0 Å². The van der Waals surface area contributed by atoms with E-state index in [0.717, 1.165) is 0 Å². The zero-order valence-electron chi connectivity index (χ0n) is 11.6. The van der Waals surface area contributed by atoms with Crippen molar-refractivity contribution in [2.75, 3.05) is 6.61 Å². The first-order chi connectivity index (χ1) is 7.08. The lowest BCUT2D eigenvalue weighted by atomic mass is 9.80. The molecule has 1 amide bonds. The molecule has 96 valence electrons. The minimum Gasteiger partial charge on any atom is -0.396 e. The lowest BCUT2D eigenvalue weighted by Gasteiger charge is -2.30. The molecule has 0 aliphatic rings. The van der Waals surface area contributed by atoms with Gasteiger partial charge in [-0.05, 0) is 31.6 Å². The SMILES string of the molecule is CC(CC(=O)NC(C)(C)CCO)C(C)(C)C. The Morgan fingerprint density at radius 2 is 1.75 bits per heavy atom. The van der Waals surface area contributed by atoms with Crippen LogP contribution in [0.25, 0.3) is 0 Å². The Morgan fingerprint density at radius 1 is 1.25 bits per heavy atom. The van der Waals surface area contributed by atoms with Gasteiger partial charge < -0.3 is 10.4 Å². The molecule has 2 N–H and O–H groups in total. The Morgan fingerprint density at radius 3 is 2.12 bits per heavy atom. The van der Waals surface area contributed by atoms with Gasteiger partial charge in [-0.15, -0.1) is 0 Å². The van der Waals surface area contributed by atoms with Crippen LogP contribution in [0.5, 0.6) is 0 Å². The summed E-state index contributed by atoms with van der Waals surface area (Å²) in [5.41, 5.74) is -0.165. The number of aliphatic hydroxyl groups excluding tert-OH is 1. The van der Waals surface area contributed by atoms with E-state index in [-0.39, 0.29) is 23.5 Å². The summed E-state index contributed by atoms with van der Waals surface area (Å²) in [7, 11) is 0. The second kappa shape index (κ2) is 5.67. The van der Waals surface area contributed by atoms with Crippen molar-refractivity contribution in [1.82, 2.24) is 5.32 Å². The molecule has 1 unspecified atom stereocenters. The van der Waals surface area contributed by atoms with Gasteiger partial charge in [-0.1, -0.05) is 27.7 Å². The van der Waals surface area contributed by atoms with Crippen molar-refractivity contribution in [3.8, 4) is 0 Å². The largest absolute Gasteiger partial charge is 0.396 e. The number of nitrogens with one attached hydrogen (secondary N) is 1. The summed E-state index contributed by atoms with van der Waals surface area (Å²) >= 11 is 0. The molecule has 0 saturated carbocycles. The zero-order chi connectivity index (χ0) is 13.0. The lowest BCUT2D eigenvalue weighted by molar-refractivity contribution is -0.124. The maximum absolute atomic E-state index is 11.8. The molecule has 1 atom stereocenters. The normalized spacial score (nSPS) is 14.7. The fraction of sp³-hybridized carbons (Fsp3) is 0.923. The van der Waals surface area contributed by atoms with Crippen LogP contribution in [0.4, 0.5) is 0 Å². The van der Waals surface area contributed by atoms with E-state index in [1.807, 2.05) is 13.8 Å². The van der Waals surface area contributed by atoms with Crippen LogP contribution in [0.15, 0.2) is 0 Å². The predicted molar refractivity (Wildman–Crippen MR) is 67.2 cm³/mol. The van der Waals surface area contributed by atoms with Gasteiger partial charge in [0, 0.05) is 18.6 Å². The zero-order valence-corrected chi connectivity index (χ0v) is 11.6. The molecule has 0 radical (unpaired) electrons. The van der Waals surface area contributed by atoms with Gasteiger partial charge in [-0.2, -0.15) is 0 Å². The van der Waals surface area contributed by atoms with Crippen LogP contribution < -0.4 is 5.32 Å². The standard InChI is InChI=1S/C13H27NO2/c1-10(12(2,3)4)9-11(16)14-13(5,6)7-8-15/h10,15H,7-9H2,1-6H3,(H,14,16). The van der Waals surface area contributed by atoms with Gasteiger partial charge in [0.25, 0.3) is 0 Å². The molecule has 3 heteroatoms. The molecule has 16 heavy (non-hydrogen) atoms. The van der Waals surface area contributed by atoms with Crippen molar-refractivity contribution in [3.63, 3.8) is 0 Å². The number of hydrogen-bond acceptors (Lipinski definition) is 2. The van der Waals surface area contributed by atoms with E-state index < -0.39 is 0 Å². The topological polar surface area (TPSA) is 49.3 Å². The minimum absolute atomic E-state index is 0.0703. The van der Waals surface area contributed by atoms with Gasteiger partial charge >= 0.3 is 0 Å². The third-order valence-electron chi connectivity index (χ3n) is 3.18. The van der Waals surface area contributed by atoms with Crippen molar-refractivity contribution in [3.05, 3.63) is 0 Å². The second-order valence-corrected chi connectivity index (χ2v) is 6.38. The molecule has 0 aromatic heterocycles. The fourth-order valence-corrected chi connectivity index (χ4v) is 1.35. The third-order valence-corrected chi connectivity index (χ3v) is 3.18. The highest BCUT2D eigenvalue weighted by Gasteiger charge is 2.25. The van der Waals surface area contributed by atoms with E-state index in [0.29, 0.717) is 18.8 Å². The molecule has 0 aromatic carbocycles. The Kier molecular flexibility index (Phi) is 5.47. The summed E-state index contributed by atoms with van der Waals surface area (Å²) in [4.78, 5) is 11.8. The van der Waals surface area contributed by atoms with Crippen LogP contribution in [0.1, 0.15) is 54.4 Å². The molecule has 0 heterocycles. The highest BCUT2D eigenvalue weighted by molar-refractivity contribution is 5.77. The monoisotopic (exact) mass is 229 g/mol. The number of carbonyl (C=O) groups is 1. The molecule has 0 aliphatic carbocycles. The Balaban J connectivity index is 4.19. The van der Waals surface area contributed by atoms with Crippen LogP contribution in [-0.4, -0.2) is 23.2 Å². The van der Waals surface area contributed by atoms with Crippen molar-refractivity contribution in [2.24, 2.45) is 11.3 Å². The van der Waals surface area contributed by atoms with Crippen LogP contribution in [-0.2, 0) is 4.79 Å². The van der Waals surface area contributed by atoms with E-state index in [4.69, 9.17) is 5.11 Å². The number of rotatable bonds is 5. The first-order valence-electron chi connectivity index (χ1n) is 6.00.